The van der Waals surface area contributed by atoms with Gasteiger partial charge in [-0.3, -0.25) is 4.99 Å². The first-order chi connectivity index (χ1) is 12.1. The molecule has 1 fully saturated rings. The summed E-state index contributed by atoms with van der Waals surface area (Å²) in [6.07, 6.45) is 0. The summed E-state index contributed by atoms with van der Waals surface area (Å²) in [5.41, 5.74) is 0.887. The maximum absolute atomic E-state index is 12.1. The van der Waals surface area contributed by atoms with Crippen LogP contribution in [0.1, 0.15) is 0 Å². The van der Waals surface area contributed by atoms with Crippen molar-refractivity contribution in [1.82, 2.24) is 0 Å². The molecule has 0 radical (unpaired) electrons. The number of hydrogen-bond donors (Lipinski definition) is 0. The van der Waals surface area contributed by atoms with Gasteiger partial charge in [-0.05, 0) is 12.1 Å². The Morgan fingerprint density at radius 3 is 2.88 bits per heavy atom. The molecule has 9 heteroatoms. The number of nitrogens with zero attached hydrogens (tertiary/aromatic N) is 2. The normalized spacial score (nSPS) is 26.4. The van der Waals surface area contributed by atoms with Gasteiger partial charge in [0.15, 0.2) is 26.5 Å². The molecule has 0 aromatic heterocycles. The lowest BCUT2D eigenvalue weighted by atomic mass is 10.1. The molecule has 2 atom stereocenters. The van der Waals surface area contributed by atoms with E-state index in [9.17, 15) is 8.42 Å². The number of amidine groups is 1. The summed E-state index contributed by atoms with van der Waals surface area (Å²) in [5.74, 6) is 2.42. The number of thioether (sulfide) groups is 1. The number of aliphatic imine (C=N–C) groups is 1. The summed E-state index contributed by atoms with van der Waals surface area (Å²) in [6.45, 7) is 1.67. The van der Waals surface area contributed by atoms with Crippen LogP contribution in [0.2, 0.25) is 0 Å². The van der Waals surface area contributed by atoms with E-state index in [2.05, 4.69) is 4.99 Å². The van der Waals surface area contributed by atoms with Crippen LogP contribution in [0.25, 0.3) is 0 Å². The van der Waals surface area contributed by atoms with Crippen molar-refractivity contribution in [3.63, 3.8) is 0 Å². The second-order valence-electron chi connectivity index (χ2n) is 6.16. The Morgan fingerprint density at radius 1 is 1.28 bits per heavy atom. The molecule has 0 aliphatic carbocycles. The zero-order chi connectivity index (χ0) is 17.4. The summed E-state index contributed by atoms with van der Waals surface area (Å²) in [7, 11) is -1.39. The van der Waals surface area contributed by atoms with E-state index in [0.717, 1.165) is 22.4 Å². The molecule has 3 heterocycles. The van der Waals surface area contributed by atoms with Crippen molar-refractivity contribution < 1.29 is 22.6 Å². The van der Waals surface area contributed by atoms with Crippen molar-refractivity contribution in [2.75, 3.05) is 49.1 Å². The van der Waals surface area contributed by atoms with Crippen LogP contribution in [-0.4, -0.2) is 69.9 Å². The molecule has 1 aromatic carbocycles. The van der Waals surface area contributed by atoms with Gasteiger partial charge < -0.3 is 19.1 Å². The minimum atomic E-state index is -3.05. The lowest BCUT2D eigenvalue weighted by molar-refractivity contribution is 0.171. The molecule has 2 unspecified atom stereocenters. The second kappa shape index (κ2) is 6.69. The molecule has 1 saturated heterocycles. The van der Waals surface area contributed by atoms with Gasteiger partial charge in [0.2, 0.25) is 0 Å². The van der Waals surface area contributed by atoms with E-state index in [1.165, 1.54) is 0 Å². The minimum Gasteiger partial charge on any atom is -0.486 e. The number of hydrogen-bond acceptors (Lipinski definition) is 8. The SMILES string of the molecule is COCCSC1=NC2CS(=O)(=O)CC2N1c1ccc2c(c1)OCCO2. The summed E-state index contributed by atoms with van der Waals surface area (Å²) in [5, 5.41) is 0.846. The number of anilines is 1. The Morgan fingerprint density at radius 2 is 2.08 bits per heavy atom. The standard InChI is InChI=1S/C16H20N2O5S2/c1-21-6-7-24-16-17-12-9-25(19,20)10-13(12)18(16)11-2-3-14-15(8-11)23-5-4-22-14/h2-3,8,12-13H,4-7,9-10H2,1H3. The number of methoxy groups -OCH3 is 1. The highest BCUT2D eigenvalue weighted by Crippen LogP contribution is 2.39. The van der Waals surface area contributed by atoms with Crippen molar-refractivity contribution in [3.05, 3.63) is 18.2 Å². The van der Waals surface area contributed by atoms with Crippen LogP contribution in [0.4, 0.5) is 5.69 Å². The van der Waals surface area contributed by atoms with E-state index in [0.29, 0.717) is 25.6 Å². The summed E-state index contributed by atoms with van der Waals surface area (Å²) in [6, 6.07) is 5.36. The largest absolute Gasteiger partial charge is 0.486 e. The molecule has 3 aliphatic rings. The molecule has 25 heavy (non-hydrogen) atoms. The fraction of sp³-hybridized carbons (Fsp3) is 0.562. The van der Waals surface area contributed by atoms with E-state index >= 15 is 0 Å². The first-order valence-electron chi connectivity index (χ1n) is 8.16. The van der Waals surface area contributed by atoms with Crippen molar-refractivity contribution in [2.45, 2.75) is 12.1 Å². The average molecular weight is 384 g/mol. The van der Waals surface area contributed by atoms with E-state index in [4.69, 9.17) is 14.2 Å². The fourth-order valence-electron chi connectivity index (χ4n) is 3.33. The zero-order valence-electron chi connectivity index (χ0n) is 13.9. The molecular formula is C16H20N2O5S2. The minimum absolute atomic E-state index is 0.118. The topological polar surface area (TPSA) is 77.4 Å². The lowest BCUT2D eigenvalue weighted by Crippen LogP contribution is -2.39. The Bertz CT molecular complexity index is 796. The van der Waals surface area contributed by atoms with Crippen LogP contribution in [-0.2, 0) is 14.6 Å². The first kappa shape index (κ1) is 17.0. The van der Waals surface area contributed by atoms with Gasteiger partial charge in [-0.15, -0.1) is 0 Å². The third-order valence-corrected chi connectivity index (χ3v) is 7.06. The van der Waals surface area contributed by atoms with Crippen molar-refractivity contribution in [2.24, 2.45) is 4.99 Å². The van der Waals surface area contributed by atoms with Crippen LogP contribution in [0.15, 0.2) is 23.2 Å². The number of benzene rings is 1. The van der Waals surface area contributed by atoms with Crippen molar-refractivity contribution in [3.8, 4) is 11.5 Å². The number of ether oxygens (including phenoxy) is 3. The molecule has 0 saturated carbocycles. The number of rotatable bonds is 4. The van der Waals surface area contributed by atoms with Crippen LogP contribution in [0.5, 0.6) is 11.5 Å². The summed E-state index contributed by atoms with van der Waals surface area (Å²) in [4.78, 5) is 6.72. The van der Waals surface area contributed by atoms with E-state index in [-0.39, 0.29) is 23.6 Å². The molecular weight excluding hydrogens is 364 g/mol. The Balaban J connectivity index is 1.65. The monoisotopic (exact) mass is 384 g/mol. The molecule has 0 amide bonds. The quantitative estimate of drug-likeness (QED) is 0.722. The predicted molar refractivity (Wildman–Crippen MR) is 97.9 cm³/mol. The van der Waals surface area contributed by atoms with Crippen LogP contribution in [0, 0.1) is 0 Å². The molecule has 136 valence electrons. The maximum Gasteiger partial charge on any atom is 0.164 e. The van der Waals surface area contributed by atoms with E-state index < -0.39 is 9.84 Å². The van der Waals surface area contributed by atoms with Gasteiger partial charge in [0.05, 0.1) is 30.2 Å². The van der Waals surface area contributed by atoms with Crippen molar-refractivity contribution >= 4 is 32.5 Å². The van der Waals surface area contributed by atoms with Gasteiger partial charge >= 0.3 is 0 Å². The predicted octanol–water partition coefficient (Wildman–Crippen LogP) is 1.18. The molecule has 4 rings (SSSR count). The van der Waals surface area contributed by atoms with Gasteiger partial charge in [-0.25, -0.2) is 8.42 Å². The van der Waals surface area contributed by atoms with E-state index in [1.807, 2.05) is 23.1 Å². The van der Waals surface area contributed by atoms with Crippen LogP contribution in [0.3, 0.4) is 0 Å². The van der Waals surface area contributed by atoms with Crippen LogP contribution >= 0.6 is 11.8 Å². The molecule has 1 aromatic rings. The number of fused-ring (bicyclic) bond motifs is 2. The summed E-state index contributed by atoms with van der Waals surface area (Å²) < 4.78 is 40.5. The molecule has 3 aliphatic heterocycles. The molecule has 7 nitrogen and oxygen atoms in total. The van der Waals surface area contributed by atoms with Gasteiger partial charge in [0, 0.05) is 24.6 Å². The van der Waals surface area contributed by atoms with Gasteiger partial charge in [0.25, 0.3) is 0 Å². The molecule has 0 N–H and O–H groups in total. The second-order valence-corrected chi connectivity index (χ2v) is 9.38. The third kappa shape index (κ3) is 3.32. The van der Waals surface area contributed by atoms with Gasteiger partial charge in [0.1, 0.15) is 13.2 Å². The summed E-state index contributed by atoms with van der Waals surface area (Å²) >= 11 is 1.59. The number of sulfone groups is 1. The van der Waals surface area contributed by atoms with E-state index in [1.54, 1.807) is 18.9 Å². The molecule has 0 bridgehead atoms. The molecule has 0 spiro atoms. The first-order valence-corrected chi connectivity index (χ1v) is 11.0. The smallest absolute Gasteiger partial charge is 0.164 e. The average Bonchev–Trinajstić information content (AvgIpc) is 3.05. The van der Waals surface area contributed by atoms with Gasteiger partial charge in [-0.1, -0.05) is 11.8 Å². The van der Waals surface area contributed by atoms with Crippen LogP contribution < -0.4 is 14.4 Å². The highest BCUT2D eigenvalue weighted by Gasteiger charge is 2.47. The maximum atomic E-state index is 12.1. The fourth-order valence-corrected chi connectivity index (χ4v) is 6.20. The van der Waals surface area contributed by atoms with Gasteiger partial charge in [-0.2, -0.15) is 0 Å². The highest BCUT2D eigenvalue weighted by molar-refractivity contribution is 8.14. The highest BCUT2D eigenvalue weighted by atomic mass is 32.2. The Hall–Kier alpha value is -1.45. The lowest BCUT2D eigenvalue weighted by Gasteiger charge is -2.28. The third-order valence-electron chi connectivity index (χ3n) is 4.43. The van der Waals surface area contributed by atoms with Crippen molar-refractivity contribution in [1.29, 1.82) is 0 Å². The Labute approximate surface area is 151 Å². The Kier molecular flexibility index (Phi) is 4.55. The zero-order valence-corrected chi connectivity index (χ0v) is 15.5.